The Labute approximate surface area is 84.2 Å². The molecule has 0 spiro atoms. The highest BCUT2D eigenvalue weighted by Crippen LogP contribution is 2.32. The van der Waals surface area contributed by atoms with Gasteiger partial charge in [0.2, 0.25) is 0 Å². The van der Waals surface area contributed by atoms with Crippen molar-refractivity contribution in [3.05, 3.63) is 35.9 Å². The van der Waals surface area contributed by atoms with Crippen molar-refractivity contribution in [2.45, 2.75) is 37.4 Å². The molecule has 0 saturated heterocycles. The van der Waals surface area contributed by atoms with E-state index in [1.54, 1.807) is 0 Å². The Bertz CT molecular complexity index is 284. The number of rotatable bonds is 1. The van der Waals surface area contributed by atoms with Crippen LogP contribution in [-0.4, -0.2) is 22.4 Å². The van der Waals surface area contributed by atoms with E-state index < -0.39 is 0 Å². The molecule has 76 valence electrons. The Balaban J connectivity index is 2.12. The minimum absolute atomic E-state index is 0.208. The maximum absolute atomic E-state index is 9.83. The Kier molecular flexibility index (Phi) is 2.85. The lowest BCUT2D eigenvalue weighted by molar-refractivity contribution is 0.0254. The van der Waals surface area contributed by atoms with Crippen LogP contribution in [0, 0.1) is 0 Å². The van der Waals surface area contributed by atoms with Crippen molar-refractivity contribution >= 4 is 0 Å². The van der Waals surface area contributed by atoms with Crippen molar-refractivity contribution < 1.29 is 10.2 Å². The minimum Gasteiger partial charge on any atom is -0.393 e. The van der Waals surface area contributed by atoms with Gasteiger partial charge in [0, 0.05) is 5.92 Å². The van der Waals surface area contributed by atoms with Gasteiger partial charge in [0.1, 0.15) is 0 Å². The molecule has 0 radical (unpaired) electrons. The lowest BCUT2D eigenvalue weighted by Gasteiger charge is -2.30. The normalized spacial score (nSPS) is 32.9. The van der Waals surface area contributed by atoms with Crippen molar-refractivity contribution in [2.75, 3.05) is 0 Å². The molecule has 14 heavy (non-hydrogen) atoms. The van der Waals surface area contributed by atoms with Crippen molar-refractivity contribution in [3.8, 4) is 0 Å². The molecule has 1 saturated carbocycles. The molecular formula is C12H16O2. The molecule has 0 bridgehead atoms. The zero-order valence-electron chi connectivity index (χ0n) is 8.13. The van der Waals surface area contributed by atoms with Gasteiger partial charge in [-0.2, -0.15) is 0 Å². The van der Waals surface area contributed by atoms with Gasteiger partial charge in [0.15, 0.2) is 0 Å². The summed E-state index contributed by atoms with van der Waals surface area (Å²) in [7, 11) is 0. The van der Waals surface area contributed by atoms with E-state index in [1.165, 1.54) is 5.56 Å². The zero-order valence-corrected chi connectivity index (χ0v) is 8.13. The Morgan fingerprint density at radius 1 is 1.00 bits per heavy atom. The summed E-state index contributed by atoms with van der Waals surface area (Å²) in [5, 5.41) is 19.2. The molecule has 2 N–H and O–H groups in total. The van der Waals surface area contributed by atoms with E-state index in [-0.39, 0.29) is 18.1 Å². The molecule has 1 aliphatic rings. The molecule has 0 aliphatic heterocycles. The number of aliphatic hydroxyl groups is 2. The van der Waals surface area contributed by atoms with E-state index in [9.17, 15) is 10.2 Å². The lowest BCUT2D eigenvalue weighted by Crippen LogP contribution is -2.30. The van der Waals surface area contributed by atoms with Gasteiger partial charge < -0.3 is 10.2 Å². The van der Waals surface area contributed by atoms with Crippen LogP contribution in [0.4, 0.5) is 0 Å². The summed E-state index contributed by atoms with van der Waals surface area (Å²) in [6.45, 7) is 0. The maximum Gasteiger partial charge on any atom is 0.0633 e. The first-order valence-electron chi connectivity index (χ1n) is 5.18. The van der Waals surface area contributed by atoms with Gasteiger partial charge in [-0.05, 0) is 24.8 Å². The second-order valence-corrected chi connectivity index (χ2v) is 4.05. The molecule has 2 rings (SSSR count). The molecule has 1 fully saturated rings. The molecule has 1 aromatic carbocycles. The molecule has 3 atom stereocenters. The quantitative estimate of drug-likeness (QED) is 0.710. The highest BCUT2D eigenvalue weighted by atomic mass is 16.3. The van der Waals surface area contributed by atoms with Crippen LogP contribution in [0.3, 0.4) is 0 Å². The van der Waals surface area contributed by atoms with Gasteiger partial charge in [0.25, 0.3) is 0 Å². The molecule has 1 aliphatic carbocycles. The Morgan fingerprint density at radius 2 is 1.71 bits per heavy atom. The summed E-state index contributed by atoms with van der Waals surface area (Å²) in [6, 6.07) is 10.1. The predicted molar refractivity (Wildman–Crippen MR) is 55.0 cm³/mol. The number of aliphatic hydroxyl groups excluding tert-OH is 2. The summed E-state index contributed by atoms with van der Waals surface area (Å²) in [5.74, 6) is 0.208. The fourth-order valence-corrected chi connectivity index (χ4v) is 2.21. The van der Waals surface area contributed by atoms with Crippen LogP contribution in [0.25, 0.3) is 0 Å². The summed E-state index contributed by atoms with van der Waals surface area (Å²) in [4.78, 5) is 0. The van der Waals surface area contributed by atoms with Gasteiger partial charge in [-0.1, -0.05) is 30.3 Å². The summed E-state index contributed by atoms with van der Waals surface area (Å²) in [6.07, 6.45) is 1.49. The van der Waals surface area contributed by atoms with Crippen LogP contribution in [-0.2, 0) is 0 Å². The summed E-state index contributed by atoms with van der Waals surface area (Å²) >= 11 is 0. The predicted octanol–water partition coefficient (Wildman–Crippen LogP) is 1.68. The first-order valence-corrected chi connectivity index (χ1v) is 5.18. The van der Waals surface area contributed by atoms with Crippen molar-refractivity contribution in [3.63, 3.8) is 0 Å². The van der Waals surface area contributed by atoms with Crippen molar-refractivity contribution in [1.82, 2.24) is 0 Å². The van der Waals surface area contributed by atoms with Crippen LogP contribution < -0.4 is 0 Å². The third-order valence-electron chi connectivity index (χ3n) is 3.02. The summed E-state index contributed by atoms with van der Waals surface area (Å²) < 4.78 is 0. The highest BCUT2D eigenvalue weighted by molar-refractivity contribution is 5.21. The molecule has 0 aromatic heterocycles. The van der Waals surface area contributed by atoms with Gasteiger partial charge in [0.05, 0.1) is 12.2 Å². The first-order chi connectivity index (χ1) is 6.77. The minimum atomic E-state index is -0.388. The van der Waals surface area contributed by atoms with Gasteiger partial charge in [-0.15, -0.1) is 0 Å². The fourth-order valence-electron chi connectivity index (χ4n) is 2.21. The average Bonchev–Trinajstić information content (AvgIpc) is 2.19. The fraction of sp³-hybridized carbons (Fsp3) is 0.500. The van der Waals surface area contributed by atoms with Gasteiger partial charge in [-0.25, -0.2) is 0 Å². The smallest absolute Gasteiger partial charge is 0.0633 e. The number of hydrogen-bond donors (Lipinski definition) is 2. The molecule has 2 heteroatoms. The number of hydrogen-bond acceptors (Lipinski definition) is 2. The number of benzene rings is 1. The first kappa shape index (κ1) is 9.69. The maximum atomic E-state index is 9.83. The van der Waals surface area contributed by atoms with Gasteiger partial charge >= 0.3 is 0 Å². The van der Waals surface area contributed by atoms with E-state index in [4.69, 9.17) is 0 Å². The molecule has 2 nitrogen and oxygen atoms in total. The van der Waals surface area contributed by atoms with E-state index in [0.29, 0.717) is 6.42 Å². The second-order valence-electron chi connectivity index (χ2n) is 4.05. The molecule has 1 aromatic rings. The summed E-state index contributed by atoms with van der Waals surface area (Å²) in [5.41, 5.74) is 1.19. The average molecular weight is 192 g/mol. The third kappa shape index (κ3) is 1.97. The standard InChI is InChI=1S/C12H16O2/c13-10-6-7-11(12(14)8-10)9-4-2-1-3-5-9/h1-5,10-14H,6-8H2/t10-,11+,12-/m1/s1. The monoisotopic (exact) mass is 192 g/mol. The van der Waals surface area contributed by atoms with Crippen molar-refractivity contribution in [1.29, 1.82) is 0 Å². The topological polar surface area (TPSA) is 40.5 Å². The molecule has 0 unspecified atom stereocenters. The molecular weight excluding hydrogens is 176 g/mol. The van der Waals surface area contributed by atoms with Crippen LogP contribution in [0.15, 0.2) is 30.3 Å². The van der Waals surface area contributed by atoms with E-state index in [0.717, 1.165) is 12.8 Å². The van der Waals surface area contributed by atoms with E-state index in [1.807, 2.05) is 30.3 Å². The van der Waals surface area contributed by atoms with Gasteiger partial charge in [-0.3, -0.25) is 0 Å². The van der Waals surface area contributed by atoms with E-state index in [2.05, 4.69) is 0 Å². The van der Waals surface area contributed by atoms with Crippen molar-refractivity contribution in [2.24, 2.45) is 0 Å². The molecule has 0 heterocycles. The van der Waals surface area contributed by atoms with Crippen LogP contribution >= 0.6 is 0 Å². The van der Waals surface area contributed by atoms with Crippen LogP contribution in [0.1, 0.15) is 30.7 Å². The highest BCUT2D eigenvalue weighted by Gasteiger charge is 2.28. The van der Waals surface area contributed by atoms with E-state index >= 15 is 0 Å². The third-order valence-corrected chi connectivity index (χ3v) is 3.02. The SMILES string of the molecule is O[C@@H]1CC[C@@H](c2ccccc2)[C@H](O)C1. The Morgan fingerprint density at radius 3 is 2.36 bits per heavy atom. The lowest BCUT2D eigenvalue weighted by atomic mass is 9.80. The second kappa shape index (κ2) is 4.11. The zero-order chi connectivity index (χ0) is 9.97. The van der Waals surface area contributed by atoms with Crippen LogP contribution in [0.2, 0.25) is 0 Å². The molecule has 0 amide bonds. The van der Waals surface area contributed by atoms with Crippen LogP contribution in [0.5, 0.6) is 0 Å². The largest absolute Gasteiger partial charge is 0.393 e. The Hall–Kier alpha value is -0.860.